The fraction of sp³-hybridized carbons (Fsp3) is 0.417. The van der Waals surface area contributed by atoms with Crippen molar-refractivity contribution >= 4 is 28.6 Å². The minimum absolute atomic E-state index is 0.0626. The molecular formula is C24H27N5O3. The van der Waals surface area contributed by atoms with Crippen molar-refractivity contribution in [3.63, 3.8) is 0 Å². The van der Waals surface area contributed by atoms with Crippen molar-refractivity contribution < 1.29 is 14.0 Å². The number of carbonyl (C=O) groups is 2. The molecule has 166 valence electrons. The van der Waals surface area contributed by atoms with Crippen LogP contribution in [-0.4, -0.2) is 58.3 Å². The molecule has 32 heavy (non-hydrogen) atoms. The average Bonchev–Trinajstić information content (AvgIpc) is 3.43. The predicted molar refractivity (Wildman–Crippen MR) is 121 cm³/mol. The lowest BCUT2D eigenvalue weighted by molar-refractivity contribution is -0.129. The molecule has 2 aliphatic rings. The number of benzene rings is 1. The van der Waals surface area contributed by atoms with E-state index < -0.39 is 0 Å². The molecule has 1 N–H and O–H groups in total. The Hall–Kier alpha value is -3.42. The van der Waals surface area contributed by atoms with Gasteiger partial charge in [0.1, 0.15) is 17.2 Å². The molecule has 0 radical (unpaired) electrons. The standard InChI is InChI=1S/C24H27N5O3/c1-14-17-6-4-5-7-20(17)32-21(14)24(31)29-10-8-16(12-29)22-26-19-9-11-28(15(2)30)13-18(19)23(25-3)27-22/h4-7,16H,8-13H2,1-3H3,(H,25,26,27). The van der Waals surface area contributed by atoms with E-state index in [0.29, 0.717) is 38.4 Å². The zero-order valence-corrected chi connectivity index (χ0v) is 18.6. The molecule has 1 fully saturated rings. The van der Waals surface area contributed by atoms with Crippen LogP contribution in [0.3, 0.4) is 0 Å². The molecule has 1 atom stereocenters. The molecule has 1 unspecified atom stereocenters. The number of likely N-dealkylation sites (tertiary alicyclic amines) is 1. The van der Waals surface area contributed by atoms with Crippen molar-refractivity contribution in [2.24, 2.45) is 0 Å². The molecule has 2 aliphatic heterocycles. The van der Waals surface area contributed by atoms with Gasteiger partial charge in [-0.1, -0.05) is 18.2 Å². The lowest BCUT2D eigenvalue weighted by Gasteiger charge is -2.29. The third-order valence-corrected chi connectivity index (χ3v) is 6.64. The number of fused-ring (bicyclic) bond motifs is 2. The number of hydrogen-bond acceptors (Lipinski definition) is 6. The summed E-state index contributed by atoms with van der Waals surface area (Å²) >= 11 is 0. The molecule has 1 aromatic carbocycles. The molecule has 3 aromatic rings. The van der Waals surface area contributed by atoms with E-state index in [1.165, 1.54) is 0 Å². The molecule has 5 rings (SSSR count). The Balaban J connectivity index is 1.38. The van der Waals surface area contributed by atoms with Crippen LogP contribution in [0, 0.1) is 6.92 Å². The van der Waals surface area contributed by atoms with Gasteiger partial charge >= 0.3 is 0 Å². The highest BCUT2D eigenvalue weighted by Crippen LogP contribution is 2.32. The van der Waals surface area contributed by atoms with Crippen LogP contribution < -0.4 is 5.32 Å². The molecule has 2 aromatic heterocycles. The molecule has 0 saturated carbocycles. The second kappa shape index (κ2) is 7.93. The Labute approximate surface area is 186 Å². The van der Waals surface area contributed by atoms with Gasteiger partial charge in [0, 0.05) is 62.5 Å². The average molecular weight is 434 g/mol. The SMILES string of the molecule is CNc1nc(C2CCN(C(=O)c3oc4ccccc4c3C)C2)nc2c1CN(C(C)=O)CC2. The van der Waals surface area contributed by atoms with Gasteiger partial charge in [-0.3, -0.25) is 9.59 Å². The van der Waals surface area contributed by atoms with Gasteiger partial charge in [-0.15, -0.1) is 0 Å². The van der Waals surface area contributed by atoms with Crippen molar-refractivity contribution in [3.05, 3.63) is 52.7 Å². The van der Waals surface area contributed by atoms with Gasteiger partial charge in [-0.05, 0) is 19.4 Å². The summed E-state index contributed by atoms with van der Waals surface area (Å²) < 4.78 is 5.89. The Morgan fingerprint density at radius 1 is 1.16 bits per heavy atom. The van der Waals surface area contributed by atoms with Crippen LogP contribution in [0.25, 0.3) is 11.0 Å². The number of aromatic nitrogens is 2. The van der Waals surface area contributed by atoms with Crippen molar-refractivity contribution in [2.75, 3.05) is 32.0 Å². The van der Waals surface area contributed by atoms with E-state index in [4.69, 9.17) is 14.4 Å². The lowest BCUT2D eigenvalue weighted by Crippen LogP contribution is -2.35. The highest BCUT2D eigenvalue weighted by molar-refractivity contribution is 5.99. The number of furan rings is 1. The fourth-order valence-corrected chi connectivity index (χ4v) is 4.77. The van der Waals surface area contributed by atoms with Gasteiger partial charge in [0.25, 0.3) is 5.91 Å². The van der Waals surface area contributed by atoms with E-state index in [2.05, 4.69) is 5.32 Å². The number of nitrogens with one attached hydrogen (secondary N) is 1. The Bertz CT molecular complexity index is 1200. The first-order chi connectivity index (χ1) is 15.5. The highest BCUT2D eigenvalue weighted by atomic mass is 16.3. The van der Waals surface area contributed by atoms with E-state index in [1.54, 1.807) is 6.92 Å². The maximum atomic E-state index is 13.2. The Morgan fingerprint density at radius 2 is 1.97 bits per heavy atom. The zero-order chi connectivity index (χ0) is 22.4. The zero-order valence-electron chi connectivity index (χ0n) is 18.6. The van der Waals surface area contributed by atoms with Crippen LogP contribution >= 0.6 is 0 Å². The quantitative estimate of drug-likeness (QED) is 0.683. The Kier molecular flexibility index (Phi) is 5.07. The second-order valence-corrected chi connectivity index (χ2v) is 8.59. The first-order valence-corrected chi connectivity index (χ1v) is 11.1. The van der Waals surface area contributed by atoms with Gasteiger partial charge in [-0.25, -0.2) is 9.97 Å². The van der Waals surface area contributed by atoms with Crippen LogP contribution in [-0.2, 0) is 17.8 Å². The lowest BCUT2D eigenvalue weighted by atomic mass is 10.0. The fourth-order valence-electron chi connectivity index (χ4n) is 4.77. The van der Waals surface area contributed by atoms with E-state index in [-0.39, 0.29) is 17.7 Å². The van der Waals surface area contributed by atoms with Crippen molar-refractivity contribution in [1.29, 1.82) is 0 Å². The molecule has 4 heterocycles. The topological polar surface area (TPSA) is 91.6 Å². The molecule has 1 saturated heterocycles. The normalized spacial score (nSPS) is 18.2. The van der Waals surface area contributed by atoms with Crippen LogP contribution in [0.5, 0.6) is 0 Å². The van der Waals surface area contributed by atoms with Gasteiger partial charge in [0.15, 0.2) is 5.76 Å². The summed E-state index contributed by atoms with van der Waals surface area (Å²) in [6.45, 7) is 5.93. The number of hydrogen-bond donors (Lipinski definition) is 1. The van der Waals surface area contributed by atoms with Crippen LogP contribution in [0.1, 0.15) is 52.5 Å². The van der Waals surface area contributed by atoms with E-state index in [9.17, 15) is 9.59 Å². The Morgan fingerprint density at radius 3 is 2.72 bits per heavy atom. The molecule has 0 bridgehead atoms. The summed E-state index contributed by atoms with van der Waals surface area (Å²) in [6.07, 6.45) is 1.53. The van der Waals surface area contributed by atoms with E-state index in [1.807, 2.05) is 48.0 Å². The van der Waals surface area contributed by atoms with Gasteiger partial charge in [0.05, 0.1) is 12.2 Å². The third-order valence-electron chi connectivity index (χ3n) is 6.64. The summed E-state index contributed by atoms with van der Waals surface area (Å²) in [5.41, 5.74) is 3.60. The number of para-hydroxylation sites is 1. The molecule has 8 heteroatoms. The maximum Gasteiger partial charge on any atom is 0.289 e. The van der Waals surface area contributed by atoms with Crippen LogP contribution in [0.2, 0.25) is 0 Å². The minimum Gasteiger partial charge on any atom is -0.451 e. The van der Waals surface area contributed by atoms with Crippen molar-refractivity contribution in [1.82, 2.24) is 19.8 Å². The summed E-state index contributed by atoms with van der Waals surface area (Å²) in [6, 6.07) is 7.73. The number of amides is 2. The van der Waals surface area contributed by atoms with Crippen LogP contribution in [0.15, 0.2) is 28.7 Å². The van der Waals surface area contributed by atoms with Gasteiger partial charge in [-0.2, -0.15) is 0 Å². The minimum atomic E-state index is -0.0786. The maximum absolute atomic E-state index is 13.2. The first-order valence-electron chi connectivity index (χ1n) is 11.1. The van der Waals surface area contributed by atoms with Crippen molar-refractivity contribution in [2.45, 2.75) is 39.2 Å². The number of nitrogens with zero attached hydrogens (tertiary/aromatic N) is 4. The van der Waals surface area contributed by atoms with E-state index in [0.717, 1.165) is 45.9 Å². The first kappa shape index (κ1) is 20.5. The second-order valence-electron chi connectivity index (χ2n) is 8.59. The summed E-state index contributed by atoms with van der Waals surface area (Å²) in [5, 5.41) is 4.15. The molecule has 2 amide bonds. The number of rotatable bonds is 3. The number of carbonyl (C=O) groups excluding carboxylic acids is 2. The molecule has 8 nitrogen and oxygen atoms in total. The van der Waals surface area contributed by atoms with Crippen molar-refractivity contribution in [3.8, 4) is 0 Å². The van der Waals surface area contributed by atoms with Gasteiger partial charge in [0.2, 0.25) is 5.91 Å². The summed E-state index contributed by atoms with van der Waals surface area (Å²) in [5.74, 6) is 2.01. The molecular weight excluding hydrogens is 406 g/mol. The predicted octanol–water partition coefficient (Wildman–Crippen LogP) is 3.11. The number of anilines is 1. The summed E-state index contributed by atoms with van der Waals surface area (Å²) in [4.78, 5) is 38.3. The van der Waals surface area contributed by atoms with Gasteiger partial charge < -0.3 is 19.5 Å². The number of aryl methyl sites for hydroxylation is 1. The molecule has 0 aliphatic carbocycles. The summed E-state index contributed by atoms with van der Waals surface area (Å²) in [7, 11) is 1.84. The molecule has 0 spiro atoms. The smallest absolute Gasteiger partial charge is 0.289 e. The van der Waals surface area contributed by atoms with E-state index >= 15 is 0 Å². The van der Waals surface area contributed by atoms with Crippen LogP contribution in [0.4, 0.5) is 5.82 Å². The largest absolute Gasteiger partial charge is 0.451 e. The highest BCUT2D eigenvalue weighted by Gasteiger charge is 2.33. The third kappa shape index (κ3) is 3.39. The monoisotopic (exact) mass is 433 g/mol.